The van der Waals surface area contributed by atoms with E-state index in [2.05, 4.69) is 10.3 Å². The van der Waals surface area contributed by atoms with E-state index in [1.54, 1.807) is 6.07 Å². The zero-order chi connectivity index (χ0) is 16.5. The molecule has 1 aromatic heterocycles. The molecule has 1 aromatic rings. The molecular formula is C15H23BN2O4. The molecule has 0 saturated heterocycles. The van der Waals surface area contributed by atoms with Gasteiger partial charge in [0.15, 0.2) is 0 Å². The monoisotopic (exact) mass is 306 g/mol. The lowest BCUT2D eigenvalue weighted by Gasteiger charge is -2.42. The zero-order valence-electron chi connectivity index (χ0n) is 13.5. The van der Waals surface area contributed by atoms with Crippen LogP contribution >= 0.6 is 0 Å². The van der Waals surface area contributed by atoms with Crippen molar-refractivity contribution in [2.45, 2.75) is 58.1 Å². The minimum absolute atomic E-state index is 0.341. The summed E-state index contributed by atoms with van der Waals surface area (Å²) in [6.07, 6.45) is 3.56. The van der Waals surface area contributed by atoms with Gasteiger partial charge in [0, 0.05) is 11.7 Å². The Kier molecular flexibility index (Phi) is 4.49. The van der Waals surface area contributed by atoms with Gasteiger partial charge < -0.3 is 20.1 Å². The smallest absolute Gasteiger partial charge is 0.444 e. The summed E-state index contributed by atoms with van der Waals surface area (Å²) in [5.41, 5.74) is 0.844. The van der Waals surface area contributed by atoms with Crippen LogP contribution in [-0.4, -0.2) is 33.8 Å². The van der Waals surface area contributed by atoms with Crippen LogP contribution < -0.4 is 10.8 Å². The van der Waals surface area contributed by atoms with Gasteiger partial charge in [-0.15, -0.1) is 0 Å². The molecule has 6 nitrogen and oxygen atoms in total. The summed E-state index contributed by atoms with van der Waals surface area (Å²) < 4.78 is 5.33. The second kappa shape index (κ2) is 5.89. The number of ether oxygens (including phenoxy) is 1. The first kappa shape index (κ1) is 16.8. The van der Waals surface area contributed by atoms with E-state index in [-0.39, 0.29) is 0 Å². The molecule has 0 radical (unpaired) electrons. The van der Waals surface area contributed by atoms with Crippen LogP contribution in [0.4, 0.5) is 4.79 Å². The van der Waals surface area contributed by atoms with Crippen LogP contribution in [0.2, 0.25) is 0 Å². The highest BCUT2D eigenvalue weighted by atomic mass is 16.6. The van der Waals surface area contributed by atoms with Gasteiger partial charge in [-0.2, -0.15) is 0 Å². The summed E-state index contributed by atoms with van der Waals surface area (Å²) in [6, 6.07) is 1.68. The van der Waals surface area contributed by atoms with Gasteiger partial charge in [0.05, 0.1) is 11.2 Å². The fourth-order valence-electron chi connectivity index (χ4n) is 2.69. The topological polar surface area (TPSA) is 91.7 Å². The van der Waals surface area contributed by atoms with Gasteiger partial charge in [0.1, 0.15) is 5.60 Å². The van der Waals surface area contributed by atoms with Gasteiger partial charge in [-0.3, -0.25) is 4.98 Å². The largest absolute Gasteiger partial charge is 0.490 e. The SMILES string of the molecule is Cc1cc(B(O)O)cnc1C1(NC(=O)OC(C)(C)C)CCC1. The van der Waals surface area contributed by atoms with Crippen molar-refractivity contribution < 1.29 is 19.6 Å². The molecule has 1 fully saturated rings. The van der Waals surface area contributed by atoms with E-state index >= 15 is 0 Å². The van der Waals surface area contributed by atoms with E-state index in [1.807, 2.05) is 27.7 Å². The summed E-state index contributed by atoms with van der Waals surface area (Å²) in [6.45, 7) is 7.31. The van der Waals surface area contributed by atoms with Gasteiger partial charge in [0.25, 0.3) is 0 Å². The van der Waals surface area contributed by atoms with Crippen LogP contribution in [0.3, 0.4) is 0 Å². The minimum atomic E-state index is -1.54. The molecule has 3 N–H and O–H groups in total. The molecule has 0 aliphatic heterocycles. The first-order valence-corrected chi connectivity index (χ1v) is 7.47. The molecule has 0 spiro atoms. The second-order valence-electron chi connectivity index (χ2n) is 6.87. The molecule has 22 heavy (non-hydrogen) atoms. The predicted octanol–water partition coefficient (Wildman–Crippen LogP) is 0.974. The maximum atomic E-state index is 12.1. The molecule has 1 aliphatic carbocycles. The summed E-state index contributed by atoms with van der Waals surface area (Å²) in [5, 5.41) is 21.4. The third-order valence-corrected chi connectivity index (χ3v) is 3.80. The maximum Gasteiger partial charge on any atom is 0.490 e. The van der Waals surface area contributed by atoms with Crippen molar-refractivity contribution in [3.05, 3.63) is 23.5 Å². The second-order valence-corrected chi connectivity index (χ2v) is 6.87. The third kappa shape index (κ3) is 3.59. The van der Waals surface area contributed by atoms with Gasteiger partial charge in [0.2, 0.25) is 0 Å². The molecule has 1 saturated carbocycles. The first-order chi connectivity index (χ1) is 10.1. The molecule has 0 unspecified atom stereocenters. The molecule has 1 heterocycles. The Morgan fingerprint density at radius 1 is 1.41 bits per heavy atom. The Hall–Kier alpha value is -1.60. The Bertz CT molecular complexity index is 565. The fourth-order valence-corrected chi connectivity index (χ4v) is 2.69. The number of aryl methyl sites for hydroxylation is 1. The fraction of sp³-hybridized carbons (Fsp3) is 0.600. The molecular weight excluding hydrogens is 283 g/mol. The number of hydrogen-bond acceptors (Lipinski definition) is 5. The number of aromatic nitrogens is 1. The Morgan fingerprint density at radius 2 is 2.05 bits per heavy atom. The van der Waals surface area contributed by atoms with Crippen LogP contribution in [0.15, 0.2) is 12.3 Å². The number of pyridine rings is 1. The molecule has 1 amide bonds. The summed E-state index contributed by atoms with van der Waals surface area (Å²) in [5.74, 6) is 0. The van der Waals surface area contributed by atoms with Crippen molar-refractivity contribution in [1.29, 1.82) is 0 Å². The zero-order valence-corrected chi connectivity index (χ0v) is 13.5. The highest BCUT2D eigenvalue weighted by Crippen LogP contribution is 2.41. The third-order valence-electron chi connectivity index (χ3n) is 3.80. The predicted molar refractivity (Wildman–Crippen MR) is 83.7 cm³/mol. The molecule has 120 valence electrons. The lowest BCUT2D eigenvalue weighted by Crippen LogP contribution is -2.53. The lowest BCUT2D eigenvalue weighted by atomic mass is 9.72. The number of nitrogens with one attached hydrogen (secondary N) is 1. The maximum absolute atomic E-state index is 12.1. The molecule has 0 aromatic carbocycles. The Balaban J connectivity index is 2.22. The van der Waals surface area contributed by atoms with E-state index in [9.17, 15) is 14.8 Å². The molecule has 1 aliphatic rings. The van der Waals surface area contributed by atoms with Crippen LogP contribution in [0.25, 0.3) is 0 Å². The molecule has 0 bridgehead atoms. The summed E-state index contributed by atoms with van der Waals surface area (Å²) in [7, 11) is -1.54. The lowest BCUT2D eigenvalue weighted by molar-refractivity contribution is 0.0371. The van der Waals surface area contributed by atoms with Gasteiger partial charge in [-0.1, -0.05) is 6.07 Å². The van der Waals surface area contributed by atoms with Crippen molar-refractivity contribution >= 4 is 18.7 Å². The highest BCUT2D eigenvalue weighted by molar-refractivity contribution is 6.58. The number of hydrogen-bond donors (Lipinski definition) is 3. The van der Waals surface area contributed by atoms with Gasteiger partial charge >= 0.3 is 13.2 Å². The number of carbonyl (C=O) groups is 1. The molecule has 0 atom stereocenters. The normalized spacial score (nSPS) is 16.6. The Morgan fingerprint density at radius 3 is 2.45 bits per heavy atom. The van der Waals surface area contributed by atoms with Gasteiger partial charge in [-0.05, 0) is 52.5 Å². The first-order valence-electron chi connectivity index (χ1n) is 7.47. The summed E-state index contributed by atoms with van der Waals surface area (Å²) >= 11 is 0. The molecule has 2 rings (SSSR count). The van der Waals surface area contributed by atoms with Crippen molar-refractivity contribution in [3.63, 3.8) is 0 Å². The average molecular weight is 306 g/mol. The van der Waals surface area contributed by atoms with E-state index in [4.69, 9.17) is 4.74 Å². The van der Waals surface area contributed by atoms with Crippen molar-refractivity contribution in [3.8, 4) is 0 Å². The van der Waals surface area contributed by atoms with Crippen molar-refractivity contribution in [2.75, 3.05) is 0 Å². The van der Waals surface area contributed by atoms with Crippen molar-refractivity contribution in [1.82, 2.24) is 10.3 Å². The van der Waals surface area contributed by atoms with E-state index in [0.717, 1.165) is 30.5 Å². The Labute approximate surface area is 131 Å². The van der Waals surface area contributed by atoms with Crippen LogP contribution in [0.1, 0.15) is 51.3 Å². The summed E-state index contributed by atoms with van der Waals surface area (Å²) in [4.78, 5) is 16.4. The van der Waals surface area contributed by atoms with Crippen LogP contribution in [-0.2, 0) is 10.3 Å². The number of carbonyl (C=O) groups excluding carboxylic acids is 1. The van der Waals surface area contributed by atoms with E-state index < -0.39 is 24.4 Å². The number of nitrogens with zero attached hydrogens (tertiary/aromatic N) is 1. The molecule has 7 heteroatoms. The van der Waals surface area contributed by atoms with Crippen LogP contribution in [0, 0.1) is 6.92 Å². The highest BCUT2D eigenvalue weighted by Gasteiger charge is 2.43. The number of alkyl carbamates (subject to hydrolysis) is 1. The van der Waals surface area contributed by atoms with E-state index in [1.165, 1.54) is 6.20 Å². The quantitative estimate of drug-likeness (QED) is 0.724. The van der Waals surface area contributed by atoms with E-state index in [0.29, 0.717) is 5.46 Å². The number of amides is 1. The van der Waals surface area contributed by atoms with Gasteiger partial charge in [-0.25, -0.2) is 4.79 Å². The minimum Gasteiger partial charge on any atom is -0.444 e. The average Bonchev–Trinajstić information content (AvgIpc) is 2.31. The van der Waals surface area contributed by atoms with Crippen molar-refractivity contribution in [2.24, 2.45) is 0 Å². The number of rotatable bonds is 3. The van der Waals surface area contributed by atoms with Crippen LogP contribution in [0.5, 0.6) is 0 Å². The standard InChI is InChI=1S/C15H23BN2O4/c1-10-8-11(16(20)21)9-17-12(10)15(6-5-7-15)18-13(19)22-14(2,3)4/h8-9,20-21H,5-7H2,1-4H3,(H,18,19).